The minimum atomic E-state index is 0.912. The molecule has 3 rings (SSSR count). The smallest absolute Gasteiger partial charge is 0.0480 e. The predicted molar refractivity (Wildman–Crippen MR) is 82.6 cm³/mol. The fourth-order valence-electron chi connectivity index (χ4n) is 2.54. The van der Waals surface area contributed by atoms with Crippen molar-refractivity contribution in [1.29, 1.82) is 0 Å². The second-order valence-corrected chi connectivity index (χ2v) is 5.00. The number of pyridine rings is 1. The molecule has 0 aliphatic heterocycles. The quantitative estimate of drug-likeness (QED) is 0.768. The van der Waals surface area contributed by atoms with Crippen LogP contribution in [0.1, 0.15) is 11.3 Å². The maximum Gasteiger partial charge on any atom is 0.0480 e. The zero-order chi connectivity index (χ0) is 13.8. The molecule has 2 heterocycles. The van der Waals surface area contributed by atoms with E-state index >= 15 is 0 Å². The fourth-order valence-corrected chi connectivity index (χ4v) is 2.54. The van der Waals surface area contributed by atoms with Gasteiger partial charge in [-0.3, -0.25) is 4.98 Å². The molecule has 0 fully saturated rings. The molecule has 0 unspecified atom stereocenters. The molecule has 2 aromatic heterocycles. The van der Waals surface area contributed by atoms with E-state index in [-0.39, 0.29) is 0 Å². The van der Waals surface area contributed by atoms with Crippen molar-refractivity contribution < 1.29 is 0 Å². The molecule has 0 spiro atoms. The maximum absolute atomic E-state index is 4.38. The summed E-state index contributed by atoms with van der Waals surface area (Å²) in [6, 6.07) is 14.9. The molecule has 1 aromatic carbocycles. The van der Waals surface area contributed by atoms with Gasteiger partial charge >= 0.3 is 0 Å². The van der Waals surface area contributed by atoms with Crippen molar-refractivity contribution in [2.75, 3.05) is 7.05 Å². The summed E-state index contributed by atoms with van der Waals surface area (Å²) in [4.78, 5) is 4.38. The van der Waals surface area contributed by atoms with E-state index in [1.54, 1.807) is 0 Å². The van der Waals surface area contributed by atoms with Gasteiger partial charge in [-0.2, -0.15) is 0 Å². The van der Waals surface area contributed by atoms with Crippen molar-refractivity contribution in [3.8, 4) is 0 Å². The van der Waals surface area contributed by atoms with Gasteiger partial charge in [0.05, 0.1) is 0 Å². The molecule has 0 aliphatic rings. The highest BCUT2D eigenvalue weighted by atomic mass is 15.0. The molecule has 0 saturated heterocycles. The standard InChI is InChI=1S/C17H19N3/c1-18-13-14-5-6-17-15(12-14)7-10-20(17)11-8-16-4-2-3-9-19-16/h2-7,9-10,12,18H,8,11,13H2,1H3. The second-order valence-electron chi connectivity index (χ2n) is 5.00. The number of fused-ring (bicyclic) bond motifs is 1. The van der Waals surface area contributed by atoms with Crippen molar-refractivity contribution in [2.24, 2.45) is 0 Å². The maximum atomic E-state index is 4.38. The van der Waals surface area contributed by atoms with Gasteiger partial charge in [0.15, 0.2) is 0 Å². The Hall–Kier alpha value is -2.13. The molecular formula is C17H19N3. The van der Waals surface area contributed by atoms with E-state index in [9.17, 15) is 0 Å². The predicted octanol–water partition coefficient (Wildman–Crippen LogP) is 3.00. The Morgan fingerprint density at radius 2 is 2.10 bits per heavy atom. The molecule has 1 N–H and O–H groups in total. The van der Waals surface area contributed by atoms with Gasteiger partial charge in [-0.15, -0.1) is 0 Å². The van der Waals surface area contributed by atoms with Gasteiger partial charge in [-0.1, -0.05) is 12.1 Å². The molecule has 20 heavy (non-hydrogen) atoms. The van der Waals surface area contributed by atoms with Gasteiger partial charge in [0.2, 0.25) is 0 Å². The molecule has 102 valence electrons. The van der Waals surface area contributed by atoms with Crippen LogP contribution < -0.4 is 5.32 Å². The number of aryl methyl sites for hydroxylation is 2. The SMILES string of the molecule is CNCc1ccc2c(ccn2CCc2ccccn2)c1. The first kappa shape index (κ1) is 12.9. The second kappa shape index (κ2) is 5.88. The first-order chi connectivity index (χ1) is 9.86. The Balaban J connectivity index is 1.78. The van der Waals surface area contributed by atoms with Crippen LogP contribution in [0.15, 0.2) is 54.9 Å². The highest BCUT2D eigenvalue weighted by Crippen LogP contribution is 2.18. The molecule has 0 radical (unpaired) electrons. The third kappa shape index (κ3) is 2.73. The van der Waals surface area contributed by atoms with Crippen LogP contribution in [0.5, 0.6) is 0 Å². The van der Waals surface area contributed by atoms with Gasteiger partial charge in [0.25, 0.3) is 0 Å². The van der Waals surface area contributed by atoms with E-state index in [0.29, 0.717) is 0 Å². The molecule has 0 bridgehead atoms. The Morgan fingerprint density at radius 1 is 1.15 bits per heavy atom. The summed E-state index contributed by atoms with van der Waals surface area (Å²) >= 11 is 0. The number of benzene rings is 1. The summed E-state index contributed by atoms with van der Waals surface area (Å²) in [6.45, 7) is 1.88. The minimum absolute atomic E-state index is 0.912. The first-order valence-corrected chi connectivity index (χ1v) is 6.99. The van der Waals surface area contributed by atoms with Crippen LogP contribution in [0.4, 0.5) is 0 Å². The van der Waals surface area contributed by atoms with E-state index in [2.05, 4.69) is 51.4 Å². The van der Waals surface area contributed by atoms with E-state index in [1.165, 1.54) is 16.5 Å². The largest absolute Gasteiger partial charge is 0.347 e. The van der Waals surface area contributed by atoms with E-state index in [4.69, 9.17) is 0 Å². The lowest BCUT2D eigenvalue weighted by Gasteiger charge is -2.06. The van der Waals surface area contributed by atoms with Crippen molar-refractivity contribution in [2.45, 2.75) is 19.5 Å². The van der Waals surface area contributed by atoms with Crippen LogP contribution in [0.25, 0.3) is 10.9 Å². The number of rotatable bonds is 5. The Morgan fingerprint density at radius 3 is 2.90 bits per heavy atom. The molecule has 3 aromatic rings. The lowest BCUT2D eigenvalue weighted by Crippen LogP contribution is -2.05. The number of nitrogens with zero attached hydrogens (tertiary/aromatic N) is 2. The van der Waals surface area contributed by atoms with Gasteiger partial charge in [0, 0.05) is 43.1 Å². The fraction of sp³-hybridized carbons (Fsp3) is 0.235. The highest BCUT2D eigenvalue weighted by Gasteiger charge is 2.03. The molecule has 0 saturated carbocycles. The van der Waals surface area contributed by atoms with Gasteiger partial charge in [-0.05, 0) is 48.3 Å². The topological polar surface area (TPSA) is 29.9 Å². The van der Waals surface area contributed by atoms with Crippen LogP contribution in [0.2, 0.25) is 0 Å². The van der Waals surface area contributed by atoms with Crippen LogP contribution in [0.3, 0.4) is 0 Å². The van der Waals surface area contributed by atoms with E-state index in [0.717, 1.165) is 25.2 Å². The number of hydrogen-bond acceptors (Lipinski definition) is 2. The van der Waals surface area contributed by atoms with Gasteiger partial charge in [0.1, 0.15) is 0 Å². The van der Waals surface area contributed by atoms with Gasteiger partial charge < -0.3 is 9.88 Å². The Labute approximate surface area is 119 Å². The van der Waals surface area contributed by atoms with Crippen molar-refractivity contribution in [1.82, 2.24) is 14.9 Å². The Kier molecular flexibility index (Phi) is 3.79. The van der Waals surface area contributed by atoms with Crippen LogP contribution in [0, 0.1) is 0 Å². The third-order valence-electron chi connectivity index (χ3n) is 3.55. The van der Waals surface area contributed by atoms with Crippen LogP contribution in [-0.2, 0) is 19.5 Å². The summed E-state index contributed by atoms with van der Waals surface area (Å²) in [5.41, 5.74) is 3.75. The normalized spacial score (nSPS) is 11.1. The average molecular weight is 265 g/mol. The lowest BCUT2D eigenvalue weighted by atomic mass is 10.1. The van der Waals surface area contributed by atoms with E-state index < -0.39 is 0 Å². The average Bonchev–Trinajstić information content (AvgIpc) is 2.89. The minimum Gasteiger partial charge on any atom is -0.347 e. The van der Waals surface area contributed by atoms with Crippen LogP contribution in [-0.4, -0.2) is 16.6 Å². The number of hydrogen-bond donors (Lipinski definition) is 1. The van der Waals surface area contributed by atoms with E-state index in [1.807, 2.05) is 25.4 Å². The summed E-state index contributed by atoms with van der Waals surface area (Å²) in [7, 11) is 1.97. The summed E-state index contributed by atoms with van der Waals surface area (Å²) < 4.78 is 2.30. The number of nitrogens with one attached hydrogen (secondary N) is 1. The Bertz CT molecular complexity index is 686. The van der Waals surface area contributed by atoms with Gasteiger partial charge in [-0.25, -0.2) is 0 Å². The molecule has 0 atom stereocenters. The van der Waals surface area contributed by atoms with Crippen LogP contribution >= 0.6 is 0 Å². The molecule has 0 aliphatic carbocycles. The van der Waals surface area contributed by atoms with Crippen molar-refractivity contribution in [3.63, 3.8) is 0 Å². The van der Waals surface area contributed by atoms with Crippen molar-refractivity contribution >= 4 is 10.9 Å². The first-order valence-electron chi connectivity index (χ1n) is 6.99. The highest BCUT2D eigenvalue weighted by molar-refractivity contribution is 5.80. The number of aromatic nitrogens is 2. The van der Waals surface area contributed by atoms with Crippen molar-refractivity contribution in [3.05, 3.63) is 66.1 Å². The molecule has 0 amide bonds. The monoisotopic (exact) mass is 265 g/mol. The molecular weight excluding hydrogens is 246 g/mol. The molecule has 3 nitrogen and oxygen atoms in total. The molecule has 3 heteroatoms. The summed E-state index contributed by atoms with van der Waals surface area (Å²) in [6.07, 6.45) is 4.98. The third-order valence-corrected chi connectivity index (χ3v) is 3.55. The lowest BCUT2D eigenvalue weighted by molar-refractivity contribution is 0.710. The zero-order valence-corrected chi connectivity index (χ0v) is 11.7. The summed E-state index contributed by atoms with van der Waals surface area (Å²) in [5.74, 6) is 0. The zero-order valence-electron chi connectivity index (χ0n) is 11.7. The summed E-state index contributed by atoms with van der Waals surface area (Å²) in [5, 5.41) is 4.49.